The minimum atomic E-state index is -3.44. The van der Waals surface area contributed by atoms with Gasteiger partial charge in [0.1, 0.15) is 0 Å². The highest BCUT2D eigenvalue weighted by Gasteiger charge is 2.14. The van der Waals surface area contributed by atoms with Crippen LogP contribution in [0.5, 0.6) is 0 Å². The molecule has 2 rings (SSSR count). The van der Waals surface area contributed by atoms with E-state index >= 15 is 0 Å². The van der Waals surface area contributed by atoms with E-state index in [1.807, 2.05) is 37.6 Å². The Labute approximate surface area is 130 Å². The smallest absolute Gasteiger partial charge is 0.240 e. The van der Waals surface area contributed by atoms with E-state index in [2.05, 4.69) is 10.0 Å². The molecule has 0 fully saturated rings. The van der Waals surface area contributed by atoms with Gasteiger partial charge in [0.05, 0.1) is 4.90 Å². The van der Waals surface area contributed by atoms with E-state index in [4.69, 9.17) is 0 Å². The van der Waals surface area contributed by atoms with Gasteiger partial charge in [0.15, 0.2) is 0 Å². The van der Waals surface area contributed by atoms with Crippen LogP contribution in [0.2, 0.25) is 0 Å². The zero-order chi connectivity index (χ0) is 15.3. The second-order valence-electron chi connectivity index (χ2n) is 4.85. The molecule has 4 nitrogen and oxygen atoms in total. The summed E-state index contributed by atoms with van der Waals surface area (Å²) in [6.45, 7) is 3.05. The minimum Gasteiger partial charge on any atom is -0.316 e. The average Bonchev–Trinajstić information content (AvgIpc) is 2.94. The van der Waals surface area contributed by atoms with Gasteiger partial charge in [-0.2, -0.15) is 0 Å². The summed E-state index contributed by atoms with van der Waals surface area (Å²) in [6, 6.07) is 9.22. The van der Waals surface area contributed by atoms with Crippen LogP contribution < -0.4 is 10.0 Å². The predicted octanol–water partition coefficient (Wildman–Crippen LogP) is 2.30. The highest BCUT2D eigenvalue weighted by Crippen LogP contribution is 2.16. The summed E-state index contributed by atoms with van der Waals surface area (Å²) < 4.78 is 27.3. The molecule has 0 aliphatic carbocycles. The molecule has 0 aliphatic rings. The number of rotatable bonds is 7. The second-order valence-corrected chi connectivity index (χ2v) is 7.64. The molecule has 0 atom stereocenters. The Morgan fingerprint density at radius 2 is 2.05 bits per heavy atom. The highest BCUT2D eigenvalue weighted by molar-refractivity contribution is 7.89. The first kappa shape index (κ1) is 16.2. The van der Waals surface area contributed by atoms with Crippen molar-refractivity contribution in [3.8, 4) is 0 Å². The van der Waals surface area contributed by atoms with Gasteiger partial charge < -0.3 is 5.32 Å². The lowest BCUT2D eigenvalue weighted by atomic mass is 10.1. The molecule has 1 aromatic carbocycles. The summed E-state index contributed by atoms with van der Waals surface area (Å²) in [5, 5.41) is 5.05. The summed E-state index contributed by atoms with van der Waals surface area (Å²) in [4.78, 5) is 1.50. The van der Waals surface area contributed by atoms with Crippen molar-refractivity contribution >= 4 is 21.4 Å². The topological polar surface area (TPSA) is 58.2 Å². The summed E-state index contributed by atoms with van der Waals surface area (Å²) in [6.07, 6.45) is 0.714. The van der Waals surface area contributed by atoms with E-state index in [-0.39, 0.29) is 0 Å². The van der Waals surface area contributed by atoms with E-state index in [0.29, 0.717) is 24.4 Å². The third-order valence-electron chi connectivity index (χ3n) is 3.24. The number of thiophene rings is 1. The molecule has 21 heavy (non-hydrogen) atoms. The number of aryl methyl sites for hydroxylation is 1. The lowest BCUT2D eigenvalue weighted by molar-refractivity contribution is 0.581. The maximum Gasteiger partial charge on any atom is 0.240 e. The monoisotopic (exact) mass is 324 g/mol. The van der Waals surface area contributed by atoms with Gasteiger partial charge in [0.2, 0.25) is 10.0 Å². The largest absolute Gasteiger partial charge is 0.316 e. The van der Waals surface area contributed by atoms with E-state index in [9.17, 15) is 8.42 Å². The zero-order valence-electron chi connectivity index (χ0n) is 12.2. The summed E-state index contributed by atoms with van der Waals surface area (Å²) in [7, 11) is -1.60. The van der Waals surface area contributed by atoms with Gasteiger partial charge in [0, 0.05) is 18.0 Å². The van der Waals surface area contributed by atoms with Crippen molar-refractivity contribution in [3.63, 3.8) is 0 Å². The van der Waals surface area contributed by atoms with E-state index < -0.39 is 10.0 Å². The molecule has 0 aliphatic heterocycles. The van der Waals surface area contributed by atoms with E-state index in [0.717, 1.165) is 11.1 Å². The third kappa shape index (κ3) is 4.38. The molecule has 1 heterocycles. The van der Waals surface area contributed by atoms with Crippen LogP contribution in [0.15, 0.2) is 40.6 Å². The SMILES string of the molecule is CNCc1cc(S(=O)(=O)NCCc2cccs2)ccc1C. The molecule has 0 bridgehead atoms. The molecule has 0 spiro atoms. The maximum atomic E-state index is 12.3. The molecule has 2 aromatic rings. The minimum absolute atomic E-state index is 0.324. The van der Waals surface area contributed by atoms with Gasteiger partial charge >= 0.3 is 0 Å². The second kappa shape index (κ2) is 7.17. The van der Waals surface area contributed by atoms with Crippen LogP contribution in [0.1, 0.15) is 16.0 Å². The first-order valence-corrected chi connectivity index (χ1v) is 9.15. The summed E-state index contributed by atoms with van der Waals surface area (Å²) in [5.74, 6) is 0. The zero-order valence-corrected chi connectivity index (χ0v) is 13.9. The normalized spacial score (nSPS) is 11.7. The molecule has 0 saturated carbocycles. The Morgan fingerprint density at radius 1 is 1.24 bits per heavy atom. The van der Waals surface area contributed by atoms with Crippen LogP contribution >= 0.6 is 11.3 Å². The number of benzene rings is 1. The van der Waals surface area contributed by atoms with Crippen molar-refractivity contribution in [2.24, 2.45) is 0 Å². The number of sulfonamides is 1. The van der Waals surface area contributed by atoms with Crippen LogP contribution in [0, 0.1) is 6.92 Å². The molecule has 0 amide bonds. The van der Waals surface area contributed by atoms with E-state index in [1.54, 1.807) is 23.5 Å². The van der Waals surface area contributed by atoms with Crippen molar-refractivity contribution in [1.29, 1.82) is 0 Å². The number of hydrogen-bond donors (Lipinski definition) is 2. The van der Waals surface area contributed by atoms with Gasteiger partial charge in [-0.25, -0.2) is 13.1 Å². The third-order valence-corrected chi connectivity index (χ3v) is 5.64. The standard InChI is InChI=1S/C15H20N2O2S2/c1-12-5-6-15(10-13(12)11-16-2)21(18,19)17-8-7-14-4-3-9-20-14/h3-6,9-10,16-17H,7-8,11H2,1-2H3. The Kier molecular flexibility index (Phi) is 5.52. The number of hydrogen-bond acceptors (Lipinski definition) is 4. The van der Waals surface area contributed by atoms with Crippen LogP contribution in [-0.2, 0) is 23.0 Å². The van der Waals surface area contributed by atoms with Crippen molar-refractivity contribution in [2.45, 2.75) is 24.8 Å². The summed E-state index contributed by atoms with van der Waals surface area (Å²) >= 11 is 1.64. The Morgan fingerprint density at radius 3 is 2.71 bits per heavy atom. The highest BCUT2D eigenvalue weighted by atomic mass is 32.2. The molecular formula is C15H20N2O2S2. The first-order valence-electron chi connectivity index (χ1n) is 6.79. The number of nitrogens with one attached hydrogen (secondary N) is 2. The quantitative estimate of drug-likeness (QED) is 0.821. The molecular weight excluding hydrogens is 304 g/mol. The van der Waals surface area contributed by atoms with Gasteiger partial charge in [-0.15, -0.1) is 11.3 Å². The van der Waals surface area contributed by atoms with Crippen LogP contribution in [-0.4, -0.2) is 22.0 Å². The van der Waals surface area contributed by atoms with Crippen molar-refractivity contribution < 1.29 is 8.42 Å². The first-order chi connectivity index (χ1) is 10.0. The van der Waals surface area contributed by atoms with Crippen molar-refractivity contribution in [2.75, 3.05) is 13.6 Å². The fourth-order valence-corrected chi connectivity index (χ4v) is 3.83. The van der Waals surface area contributed by atoms with E-state index in [1.165, 1.54) is 4.88 Å². The van der Waals surface area contributed by atoms with Crippen LogP contribution in [0.25, 0.3) is 0 Å². The van der Waals surface area contributed by atoms with Crippen molar-refractivity contribution in [1.82, 2.24) is 10.0 Å². The van der Waals surface area contributed by atoms with Crippen LogP contribution in [0.4, 0.5) is 0 Å². The fraction of sp³-hybridized carbons (Fsp3) is 0.333. The summed E-state index contributed by atoms with van der Waals surface area (Å²) in [5.41, 5.74) is 2.08. The van der Waals surface area contributed by atoms with Crippen molar-refractivity contribution in [3.05, 3.63) is 51.7 Å². The molecule has 0 saturated heterocycles. The lowest BCUT2D eigenvalue weighted by Gasteiger charge is -2.10. The fourth-order valence-electron chi connectivity index (χ4n) is 2.04. The molecule has 1 aromatic heterocycles. The lowest BCUT2D eigenvalue weighted by Crippen LogP contribution is -2.26. The Balaban J connectivity index is 2.06. The predicted molar refractivity (Wildman–Crippen MR) is 87.2 cm³/mol. The maximum absolute atomic E-state index is 12.3. The molecule has 0 unspecified atom stereocenters. The molecule has 0 radical (unpaired) electrons. The Bertz CT molecular complexity index is 680. The molecule has 6 heteroatoms. The molecule has 114 valence electrons. The van der Waals surface area contributed by atoms with Gasteiger partial charge in [-0.3, -0.25) is 0 Å². The Hall–Kier alpha value is -1.21. The van der Waals surface area contributed by atoms with Gasteiger partial charge in [-0.05, 0) is 55.1 Å². The molecule has 2 N–H and O–H groups in total. The average molecular weight is 324 g/mol. The van der Waals surface area contributed by atoms with Crippen LogP contribution in [0.3, 0.4) is 0 Å². The van der Waals surface area contributed by atoms with Gasteiger partial charge in [-0.1, -0.05) is 12.1 Å². The van der Waals surface area contributed by atoms with Gasteiger partial charge in [0.25, 0.3) is 0 Å².